The molecule has 84 valence electrons. The number of hydrogen-bond acceptors (Lipinski definition) is 3. The van der Waals surface area contributed by atoms with Gasteiger partial charge in [-0.05, 0) is 25.0 Å². The minimum absolute atomic E-state index is 0.626. The van der Waals surface area contributed by atoms with E-state index in [2.05, 4.69) is 45.1 Å². The number of thiazole rings is 1. The fourth-order valence-corrected chi connectivity index (χ4v) is 3.97. The zero-order valence-corrected chi connectivity index (χ0v) is 11.3. The Morgan fingerprint density at radius 1 is 1.44 bits per heavy atom. The number of halogens is 1. The van der Waals surface area contributed by atoms with Gasteiger partial charge in [0.25, 0.3) is 0 Å². The topological polar surface area (TPSA) is 16.1 Å². The third kappa shape index (κ3) is 1.74. The summed E-state index contributed by atoms with van der Waals surface area (Å²) in [5.41, 5.74) is 1.13. The van der Waals surface area contributed by atoms with Gasteiger partial charge in [-0.15, -0.1) is 0 Å². The summed E-state index contributed by atoms with van der Waals surface area (Å²) in [5, 5.41) is 2.23. The maximum atomic E-state index is 4.72. The zero-order chi connectivity index (χ0) is 11.0. The van der Waals surface area contributed by atoms with E-state index < -0.39 is 0 Å². The molecule has 1 fully saturated rings. The van der Waals surface area contributed by atoms with Crippen molar-refractivity contribution in [1.29, 1.82) is 0 Å². The van der Waals surface area contributed by atoms with Crippen LogP contribution in [0.5, 0.6) is 0 Å². The molecule has 2 heterocycles. The van der Waals surface area contributed by atoms with E-state index in [9.17, 15) is 0 Å². The molecule has 0 radical (unpaired) electrons. The summed E-state index contributed by atoms with van der Waals surface area (Å²) in [6.45, 7) is 1.15. The predicted octanol–water partition coefficient (Wildman–Crippen LogP) is 3.66. The van der Waals surface area contributed by atoms with Crippen LogP contribution in [0.2, 0.25) is 0 Å². The van der Waals surface area contributed by atoms with Gasteiger partial charge < -0.3 is 4.90 Å². The zero-order valence-electron chi connectivity index (χ0n) is 8.90. The summed E-state index contributed by atoms with van der Waals surface area (Å²) < 4.78 is 1.29. The lowest BCUT2D eigenvalue weighted by molar-refractivity contribution is 0.748. The molecule has 1 aromatic carbocycles. The van der Waals surface area contributed by atoms with Crippen LogP contribution in [-0.2, 0) is 0 Å². The van der Waals surface area contributed by atoms with E-state index in [-0.39, 0.29) is 0 Å². The second-order valence-electron chi connectivity index (χ2n) is 4.11. The van der Waals surface area contributed by atoms with Crippen LogP contribution in [0.4, 0.5) is 5.13 Å². The number of benzene rings is 1. The van der Waals surface area contributed by atoms with Crippen LogP contribution in [-0.4, -0.2) is 22.9 Å². The number of anilines is 1. The van der Waals surface area contributed by atoms with E-state index in [0.29, 0.717) is 6.04 Å². The molecule has 1 atom stereocenters. The van der Waals surface area contributed by atoms with Crippen molar-refractivity contribution in [3.63, 3.8) is 0 Å². The molecule has 1 aliphatic rings. The first-order valence-electron chi connectivity index (χ1n) is 5.56. The third-order valence-corrected chi connectivity index (χ3v) is 4.90. The first kappa shape index (κ1) is 10.5. The molecule has 1 aliphatic heterocycles. The molecule has 0 N–H and O–H groups in total. The Kier molecular flexibility index (Phi) is 2.86. The Morgan fingerprint density at radius 2 is 2.31 bits per heavy atom. The van der Waals surface area contributed by atoms with E-state index >= 15 is 0 Å². The van der Waals surface area contributed by atoms with Crippen LogP contribution in [0.3, 0.4) is 0 Å². The summed E-state index contributed by atoms with van der Waals surface area (Å²) in [5.74, 6) is 0. The van der Waals surface area contributed by atoms with Gasteiger partial charge in [-0.1, -0.05) is 39.4 Å². The minimum Gasteiger partial charge on any atom is -0.344 e. The van der Waals surface area contributed by atoms with Crippen molar-refractivity contribution in [3.05, 3.63) is 24.3 Å². The normalized spacial score (nSPS) is 20.8. The van der Waals surface area contributed by atoms with E-state index in [1.165, 1.54) is 22.7 Å². The first-order chi connectivity index (χ1) is 7.88. The number of aromatic nitrogens is 1. The summed E-state index contributed by atoms with van der Waals surface area (Å²) in [7, 11) is 0. The Hall–Kier alpha value is -0.610. The molecule has 0 saturated carbocycles. The molecule has 2 aromatic rings. The standard InChI is InChI=1S/C12H13BrN2S/c13-8-9-4-3-7-15(9)12-14-10-5-1-2-6-11(10)16-12/h1-2,5-6,9H,3-4,7-8H2/t9-/m0/s1. The number of hydrogen-bond donors (Lipinski definition) is 0. The van der Waals surface area contributed by atoms with E-state index in [4.69, 9.17) is 4.98 Å². The predicted molar refractivity (Wildman–Crippen MR) is 73.8 cm³/mol. The minimum atomic E-state index is 0.626. The van der Waals surface area contributed by atoms with Crippen molar-refractivity contribution >= 4 is 42.6 Å². The first-order valence-corrected chi connectivity index (χ1v) is 7.50. The largest absolute Gasteiger partial charge is 0.344 e. The van der Waals surface area contributed by atoms with Gasteiger partial charge in [0, 0.05) is 17.9 Å². The van der Waals surface area contributed by atoms with Gasteiger partial charge in [-0.25, -0.2) is 4.98 Å². The second kappa shape index (κ2) is 4.34. The van der Waals surface area contributed by atoms with Gasteiger partial charge >= 0.3 is 0 Å². The highest BCUT2D eigenvalue weighted by Crippen LogP contribution is 2.33. The van der Waals surface area contributed by atoms with Crippen LogP contribution in [0.25, 0.3) is 10.2 Å². The van der Waals surface area contributed by atoms with Crippen molar-refractivity contribution in [1.82, 2.24) is 4.98 Å². The maximum Gasteiger partial charge on any atom is 0.186 e. The lowest BCUT2D eigenvalue weighted by Crippen LogP contribution is -2.30. The lowest BCUT2D eigenvalue weighted by Gasteiger charge is -2.21. The summed E-state index contributed by atoms with van der Waals surface area (Å²) >= 11 is 5.40. The molecule has 0 unspecified atom stereocenters. The van der Waals surface area contributed by atoms with Gasteiger partial charge in [-0.2, -0.15) is 0 Å². The van der Waals surface area contributed by atoms with E-state index in [1.54, 1.807) is 0 Å². The molecule has 0 bridgehead atoms. The molecule has 1 aromatic heterocycles. The molecule has 0 aliphatic carbocycles. The van der Waals surface area contributed by atoms with Gasteiger partial charge in [0.05, 0.1) is 10.2 Å². The monoisotopic (exact) mass is 296 g/mol. The summed E-state index contributed by atoms with van der Waals surface area (Å²) in [6.07, 6.45) is 2.56. The number of para-hydroxylation sites is 1. The van der Waals surface area contributed by atoms with Crippen LogP contribution < -0.4 is 4.90 Å². The quantitative estimate of drug-likeness (QED) is 0.786. The van der Waals surface area contributed by atoms with Crippen molar-refractivity contribution in [2.75, 3.05) is 16.8 Å². The SMILES string of the molecule is BrC[C@@H]1CCCN1c1nc2ccccc2s1. The number of rotatable bonds is 2. The third-order valence-electron chi connectivity index (χ3n) is 3.08. The fraction of sp³-hybridized carbons (Fsp3) is 0.417. The smallest absolute Gasteiger partial charge is 0.186 e. The summed E-state index contributed by atoms with van der Waals surface area (Å²) in [6, 6.07) is 9.00. The Balaban J connectivity index is 1.99. The maximum absolute atomic E-state index is 4.72. The fourth-order valence-electron chi connectivity index (χ4n) is 2.23. The van der Waals surface area contributed by atoms with Crippen LogP contribution in [0, 0.1) is 0 Å². The van der Waals surface area contributed by atoms with Gasteiger partial charge in [-0.3, -0.25) is 0 Å². The Bertz CT molecular complexity index is 463. The molecule has 0 amide bonds. The van der Waals surface area contributed by atoms with E-state index in [1.807, 2.05) is 11.3 Å². The molecule has 0 spiro atoms. The molecule has 2 nitrogen and oxygen atoms in total. The van der Waals surface area contributed by atoms with Crippen LogP contribution in [0.1, 0.15) is 12.8 Å². The molecule has 16 heavy (non-hydrogen) atoms. The van der Waals surface area contributed by atoms with Crippen LogP contribution in [0.15, 0.2) is 24.3 Å². The highest BCUT2D eigenvalue weighted by molar-refractivity contribution is 9.09. The van der Waals surface area contributed by atoms with Gasteiger partial charge in [0.1, 0.15) is 0 Å². The number of alkyl halides is 1. The molecule has 4 heteroatoms. The van der Waals surface area contributed by atoms with Crippen molar-refractivity contribution in [2.24, 2.45) is 0 Å². The molecule has 1 saturated heterocycles. The summed E-state index contributed by atoms with van der Waals surface area (Å²) in [4.78, 5) is 7.16. The van der Waals surface area contributed by atoms with Gasteiger partial charge in [0.15, 0.2) is 5.13 Å². The molecular formula is C12H13BrN2S. The molecular weight excluding hydrogens is 284 g/mol. The Morgan fingerprint density at radius 3 is 3.12 bits per heavy atom. The lowest BCUT2D eigenvalue weighted by atomic mass is 10.2. The molecule has 3 rings (SSSR count). The van der Waals surface area contributed by atoms with Crippen LogP contribution >= 0.6 is 27.3 Å². The van der Waals surface area contributed by atoms with Gasteiger partial charge in [0.2, 0.25) is 0 Å². The highest BCUT2D eigenvalue weighted by Gasteiger charge is 2.25. The van der Waals surface area contributed by atoms with E-state index in [0.717, 1.165) is 17.4 Å². The average Bonchev–Trinajstić information content (AvgIpc) is 2.94. The number of nitrogens with zero attached hydrogens (tertiary/aromatic N) is 2. The number of fused-ring (bicyclic) bond motifs is 1. The Labute approximate surface area is 107 Å². The van der Waals surface area contributed by atoms with Crippen molar-refractivity contribution in [2.45, 2.75) is 18.9 Å². The second-order valence-corrected chi connectivity index (χ2v) is 5.76. The van der Waals surface area contributed by atoms with Crippen molar-refractivity contribution in [3.8, 4) is 0 Å². The average molecular weight is 297 g/mol. The highest BCUT2D eigenvalue weighted by atomic mass is 79.9. The van der Waals surface area contributed by atoms with Crippen molar-refractivity contribution < 1.29 is 0 Å².